The highest BCUT2D eigenvalue weighted by Gasteiger charge is 2.28. The zero-order chi connectivity index (χ0) is 20.4. The van der Waals surface area contributed by atoms with Crippen molar-refractivity contribution in [2.45, 2.75) is 38.6 Å². The van der Waals surface area contributed by atoms with Crippen LogP contribution < -0.4 is 0 Å². The number of hydrogen-bond donors (Lipinski definition) is 0. The maximum atomic E-state index is 11.9. The summed E-state index contributed by atoms with van der Waals surface area (Å²) < 4.78 is 4.91. The standard InChI is InChI=1S/C24H25N3O2/c1-16(24(28)29-2)27-12-9-18(10-13-27)22-21-8-5-17(15-25)14-20(21)7-6-19-4-3-11-26-23(19)22/h3-5,8,11,14,16H,6-7,9-10,12-13H2,1-2H3. The first-order valence-corrected chi connectivity index (χ1v) is 10.1. The van der Waals surface area contributed by atoms with E-state index in [1.165, 1.54) is 34.9 Å². The summed E-state index contributed by atoms with van der Waals surface area (Å²) in [7, 11) is 1.44. The Morgan fingerprint density at radius 3 is 2.66 bits per heavy atom. The van der Waals surface area contributed by atoms with Gasteiger partial charge in [-0.3, -0.25) is 14.7 Å². The lowest BCUT2D eigenvalue weighted by Gasteiger charge is -2.33. The van der Waals surface area contributed by atoms with Crippen LogP contribution in [0.2, 0.25) is 0 Å². The Hall–Kier alpha value is -2.97. The Balaban J connectivity index is 1.75. The number of nitriles is 1. The van der Waals surface area contributed by atoms with Crippen LogP contribution in [-0.2, 0) is 22.4 Å². The van der Waals surface area contributed by atoms with Gasteiger partial charge in [-0.15, -0.1) is 0 Å². The molecule has 1 saturated heterocycles. The minimum absolute atomic E-state index is 0.183. The summed E-state index contributed by atoms with van der Waals surface area (Å²) in [5.74, 6) is -0.183. The van der Waals surface area contributed by atoms with E-state index in [4.69, 9.17) is 9.72 Å². The number of methoxy groups -OCH3 is 1. The van der Waals surface area contributed by atoms with Crippen LogP contribution in [0, 0.1) is 11.3 Å². The van der Waals surface area contributed by atoms with Crippen LogP contribution in [0.3, 0.4) is 0 Å². The highest BCUT2D eigenvalue weighted by Crippen LogP contribution is 2.38. The van der Waals surface area contributed by atoms with Gasteiger partial charge >= 0.3 is 5.97 Å². The van der Waals surface area contributed by atoms with Crippen LogP contribution in [-0.4, -0.2) is 42.1 Å². The van der Waals surface area contributed by atoms with E-state index >= 15 is 0 Å². The molecule has 4 rings (SSSR count). The summed E-state index contributed by atoms with van der Waals surface area (Å²) in [6.45, 7) is 3.55. The summed E-state index contributed by atoms with van der Waals surface area (Å²) in [5, 5.41) is 9.33. The molecule has 1 aliphatic heterocycles. The molecule has 2 heterocycles. The second-order valence-electron chi connectivity index (χ2n) is 7.71. The van der Waals surface area contributed by atoms with Crippen LogP contribution >= 0.6 is 0 Å². The number of carbonyl (C=O) groups is 1. The van der Waals surface area contributed by atoms with Crippen LogP contribution in [0.15, 0.2) is 42.1 Å². The Bertz CT molecular complexity index is 1010. The van der Waals surface area contributed by atoms with Crippen molar-refractivity contribution in [1.29, 1.82) is 5.26 Å². The van der Waals surface area contributed by atoms with E-state index in [-0.39, 0.29) is 12.0 Å². The second-order valence-corrected chi connectivity index (χ2v) is 7.71. The van der Waals surface area contributed by atoms with Crippen molar-refractivity contribution in [1.82, 2.24) is 9.88 Å². The van der Waals surface area contributed by atoms with E-state index in [1.807, 2.05) is 31.3 Å². The van der Waals surface area contributed by atoms with Crippen LogP contribution in [0.4, 0.5) is 0 Å². The van der Waals surface area contributed by atoms with E-state index in [0.29, 0.717) is 5.56 Å². The molecule has 1 aliphatic carbocycles. The number of benzene rings is 1. The van der Waals surface area contributed by atoms with Crippen LogP contribution in [0.25, 0.3) is 5.57 Å². The number of carbonyl (C=O) groups excluding carboxylic acids is 1. The van der Waals surface area contributed by atoms with Gasteiger partial charge in [0, 0.05) is 24.9 Å². The number of pyridine rings is 1. The second kappa shape index (κ2) is 8.18. The van der Waals surface area contributed by atoms with Crippen molar-refractivity contribution >= 4 is 11.5 Å². The monoisotopic (exact) mass is 387 g/mol. The van der Waals surface area contributed by atoms with E-state index in [0.717, 1.165) is 44.5 Å². The fourth-order valence-corrected chi connectivity index (χ4v) is 4.49. The molecule has 148 valence electrons. The van der Waals surface area contributed by atoms with E-state index in [1.54, 1.807) is 0 Å². The van der Waals surface area contributed by atoms with Gasteiger partial charge in [0.15, 0.2) is 0 Å². The van der Waals surface area contributed by atoms with Gasteiger partial charge in [-0.1, -0.05) is 17.7 Å². The molecular formula is C24H25N3O2. The number of ether oxygens (including phenoxy) is 1. The van der Waals surface area contributed by atoms with Gasteiger partial charge in [0.1, 0.15) is 6.04 Å². The van der Waals surface area contributed by atoms with E-state index in [2.05, 4.69) is 23.1 Å². The zero-order valence-electron chi connectivity index (χ0n) is 16.9. The van der Waals surface area contributed by atoms with Crippen molar-refractivity contribution in [2.24, 2.45) is 0 Å². The Morgan fingerprint density at radius 2 is 1.93 bits per heavy atom. The average molecular weight is 387 g/mol. The van der Waals surface area contributed by atoms with Gasteiger partial charge in [-0.2, -0.15) is 5.26 Å². The largest absolute Gasteiger partial charge is 0.468 e. The summed E-state index contributed by atoms with van der Waals surface area (Å²) in [5.41, 5.74) is 8.05. The molecule has 1 unspecified atom stereocenters. The molecule has 29 heavy (non-hydrogen) atoms. The summed E-state index contributed by atoms with van der Waals surface area (Å²) >= 11 is 0. The molecule has 1 aromatic carbocycles. The maximum absolute atomic E-state index is 11.9. The van der Waals surface area contributed by atoms with Gasteiger partial charge < -0.3 is 4.74 Å². The van der Waals surface area contributed by atoms with Crippen molar-refractivity contribution in [3.8, 4) is 6.07 Å². The quantitative estimate of drug-likeness (QED) is 0.738. The third-order valence-corrected chi connectivity index (χ3v) is 6.14. The minimum Gasteiger partial charge on any atom is -0.468 e. The molecule has 5 nitrogen and oxygen atoms in total. The van der Waals surface area contributed by atoms with Crippen molar-refractivity contribution in [2.75, 3.05) is 20.2 Å². The molecule has 2 aromatic rings. The van der Waals surface area contributed by atoms with Crippen molar-refractivity contribution in [3.63, 3.8) is 0 Å². The molecule has 1 fully saturated rings. The van der Waals surface area contributed by atoms with Crippen LogP contribution in [0.5, 0.6) is 0 Å². The number of esters is 1. The number of rotatable bonds is 2. The first-order chi connectivity index (χ1) is 14.1. The lowest BCUT2D eigenvalue weighted by atomic mass is 9.88. The van der Waals surface area contributed by atoms with Gasteiger partial charge in [0.05, 0.1) is 24.4 Å². The van der Waals surface area contributed by atoms with E-state index < -0.39 is 0 Å². The predicted octanol–water partition coefficient (Wildman–Crippen LogP) is 3.51. The van der Waals surface area contributed by atoms with Gasteiger partial charge in [0.2, 0.25) is 0 Å². The number of aromatic nitrogens is 1. The molecule has 0 spiro atoms. The van der Waals surface area contributed by atoms with Gasteiger partial charge in [-0.25, -0.2) is 0 Å². The molecule has 0 bridgehead atoms. The van der Waals surface area contributed by atoms with Gasteiger partial charge in [0.25, 0.3) is 0 Å². The topological polar surface area (TPSA) is 66.2 Å². The number of fused-ring (bicyclic) bond motifs is 2. The highest BCUT2D eigenvalue weighted by molar-refractivity contribution is 5.84. The summed E-state index contributed by atoms with van der Waals surface area (Å²) in [6.07, 6.45) is 5.49. The normalized spacial score (nSPS) is 17.6. The smallest absolute Gasteiger partial charge is 0.322 e. The zero-order valence-corrected chi connectivity index (χ0v) is 16.9. The SMILES string of the molecule is COC(=O)C(C)N1CCC(=C2c3ccc(C#N)cc3CCc3cccnc32)CC1. The average Bonchev–Trinajstić information content (AvgIpc) is 2.94. The molecular weight excluding hydrogens is 362 g/mol. The highest BCUT2D eigenvalue weighted by atomic mass is 16.5. The molecule has 1 aromatic heterocycles. The van der Waals surface area contributed by atoms with Gasteiger partial charge in [-0.05, 0) is 67.5 Å². The maximum Gasteiger partial charge on any atom is 0.322 e. The lowest BCUT2D eigenvalue weighted by Crippen LogP contribution is -2.43. The number of nitrogens with zero attached hydrogens (tertiary/aromatic N) is 3. The molecule has 2 aliphatic rings. The summed E-state index contributed by atoms with van der Waals surface area (Å²) in [6, 6.07) is 12.2. The number of piperidine rings is 1. The first kappa shape index (κ1) is 19.4. The Kier molecular flexibility index (Phi) is 5.46. The van der Waals surface area contributed by atoms with Crippen LogP contribution in [0.1, 0.15) is 47.7 Å². The fourth-order valence-electron chi connectivity index (χ4n) is 4.49. The fraction of sp³-hybridized carbons (Fsp3) is 0.375. The number of hydrogen-bond acceptors (Lipinski definition) is 5. The van der Waals surface area contributed by atoms with E-state index in [9.17, 15) is 10.1 Å². The Morgan fingerprint density at radius 1 is 1.17 bits per heavy atom. The molecule has 0 amide bonds. The summed E-state index contributed by atoms with van der Waals surface area (Å²) in [4.78, 5) is 18.9. The molecule has 1 atom stereocenters. The van der Waals surface area contributed by atoms with Crippen molar-refractivity contribution < 1.29 is 9.53 Å². The predicted molar refractivity (Wildman–Crippen MR) is 111 cm³/mol. The first-order valence-electron chi connectivity index (χ1n) is 10.1. The minimum atomic E-state index is -0.225. The molecule has 0 N–H and O–H groups in total. The third kappa shape index (κ3) is 3.68. The molecule has 5 heteroatoms. The molecule has 0 saturated carbocycles. The number of likely N-dealkylation sites (tertiary alicyclic amines) is 1. The molecule has 0 radical (unpaired) electrons. The Labute approximate surface area is 171 Å². The van der Waals surface area contributed by atoms with Crippen molar-refractivity contribution in [3.05, 3.63) is 70.0 Å². The lowest BCUT2D eigenvalue weighted by molar-refractivity contribution is -0.146. The third-order valence-electron chi connectivity index (χ3n) is 6.14. The number of aryl methyl sites for hydroxylation is 2.